The third-order valence-corrected chi connectivity index (χ3v) is 5.63. The number of nitriles is 1. The Balaban J connectivity index is 1.79. The van der Waals surface area contributed by atoms with Crippen LogP contribution in [0.2, 0.25) is 0 Å². The standard InChI is InChI=1S/C23H21F2N5O3/c1-12-7-16(13(2)27-18-6-4-3-5-15(18)22(32)33)20-29-19(28-14-8-23(24,25)9-14)17(10-26)21(31)30(20)11-12/h3-7,11,13-14,27-28H,8-9H2,1-2H3,(H,32,33). The Kier molecular flexibility index (Phi) is 5.49. The van der Waals surface area contributed by atoms with Crippen LogP contribution in [-0.4, -0.2) is 32.4 Å². The minimum atomic E-state index is -2.77. The van der Waals surface area contributed by atoms with Crippen molar-refractivity contribution in [3.63, 3.8) is 0 Å². The van der Waals surface area contributed by atoms with E-state index >= 15 is 0 Å². The molecular weight excluding hydrogens is 432 g/mol. The third-order valence-electron chi connectivity index (χ3n) is 5.63. The molecule has 0 amide bonds. The van der Waals surface area contributed by atoms with Gasteiger partial charge in [0, 0.05) is 36.3 Å². The lowest BCUT2D eigenvalue weighted by atomic mass is 9.88. The second-order valence-electron chi connectivity index (χ2n) is 8.24. The molecule has 1 unspecified atom stereocenters. The van der Waals surface area contributed by atoms with Crippen molar-refractivity contribution in [2.24, 2.45) is 0 Å². The number of pyridine rings is 1. The van der Waals surface area contributed by atoms with Crippen LogP contribution in [0.25, 0.3) is 5.65 Å². The van der Waals surface area contributed by atoms with Crippen LogP contribution in [0.3, 0.4) is 0 Å². The number of halogens is 2. The van der Waals surface area contributed by atoms with Crippen LogP contribution < -0.4 is 16.2 Å². The number of benzene rings is 1. The first-order valence-corrected chi connectivity index (χ1v) is 10.3. The number of carbonyl (C=O) groups is 1. The van der Waals surface area contributed by atoms with Gasteiger partial charge in [0.1, 0.15) is 11.7 Å². The molecule has 170 valence electrons. The molecule has 3 N–H and O–H groups in total. The number of aromatic nitrogens is 2. The van der Waals surface area contributed by atoms with Gasteiger partial charge in [0.25, 0.3) is 11.5 Å². The fraction of sp³-hybridized carbons (Fsp3) is 0.304. The topological polar surface area (TPSA) is 120 Å². The molecule has 8 nitrogen and oxygen atoms in total. The van der Waals surface area contributed by atoms with E-state index < -0.39 is 42.4 Å². The molecule has 0 bridgehead atoms. The maximum atomic E-state index is 13.3. The average molecular weight is 453 g/mol. The number of nitrogens with zero attached hydrogens (tertiary/aromatic N) is 3. The van der Waals surface area contributed by atoms with Gasteiger partial charge in [0.2, 0.25) is 0 Å². The van der Waals surface area contributed by atoms with Gasteiger partial charge in [-0.25, -0.2) is 18.6 Å². The fourth-order valence-electron chi connectivity index (χ4n) is 3.99. The molecule has 4 rings (SSSR count). The molecule has 33 heavy (non-hydrogen) atoms. The number of anilines is 2. The lowest BCUT2D eigenvalue weighted by molar-refractivity contribution is -0.0794. The van der Waals surface area contributed by atoms with E-state index in [0.717, 1.165) is 5.56 Å². The van der Waals surface area contributed by atoms with Crippen LogP contribution in [0.1, 0.15) is 52.9 Å². The van der Waals surface area contributed by atoms with Crippen LogP contribution in [0, 0.1) is 18.3 Å². The molecule has 0 radical (unpaired) electrons. The van der Waals surface area contributed by atoms with Crippen LogP contribution in [0.5, 0.6) is 0 Å². The maximum Gasteiger partial charge on any atom is 0.337 e. The zero-order valence-corrected chi connectivity index (χ0v) is 17.9. The number of fused-ring (bicyclic) bond motifs is 1. The summed E-state index contributed by atoms with van der Waals surface area (Å²) in [4.78, 5) is 29.1. The van der Waals surface area contributed by atoms with Gasteiger partial charge in [-0.3, -0.25) is 9.20 Å². The number of carboxylic acid groups (broad SMARTS) is 1. The Morgan fingerprint density at radius 3 is 2.70 bits per heavy atom. The predicted molar refractivity (Wildman–Crippen MR) is 118 cm³/mol. The summed E-state index contributed by atoms with van der Waals surface area (Å²) in [5.41, 5.74) is 1.17. The van der Waals surface area contributed by atoms with Gasteiger partial charge in [-0.05, 0) is 37.6 Å². The number of aryl methyl sites for hydroxylation is 1. The Bertz CT molecular complexity index is 1350. The van der Waals surface area contributed by atoms with Crippen LogP contribution in [0.15, 0.2) is 41.3 Å². The number of hydrogen-bond donors (Lipinski definition) is 3. The number of aromatic carboxylic acids is 1. The smallest absolute Gasteiger partial charge is 0.337 e. The average Bonchev–Trinajstić information content (AvgIpc) is 2.73. The fourth-order valence-corrected chi connectivity index (χ4v) is 3.99. The first-order valence-electron chi connectivity index (χ1n) is 10.3. The van der Waals surface area contributed by atoms with E-state index in [9.17, 15) is 28.7 Å². The largest absolute Gasteiger partial charge is 0.478 e. The van der Waals surface area contributed by atoms with Gasteiger partial charge in [-0.2, -0.15) is 5.26 Å². The molecule has 3 aromatic rings. The van der Waals surface area contributed by atoms with Gasteiger partial charge in [0.05, 0.1) is 11.6 Å². The molecule has 10 heteroatoms. The Labute approximate surface area is 187 Å². The van der Waals surface area contributed by atoms with Gasteiger partial charge >= 0.3 is 5.97 Å². The van der Waals surface area contributed by atoms with E-state index in [1.54, 1.807) is 44.3 Å². The highest BCUT2D eigenvalue weighted by molar-refractivity contribution is 5.94. The summed E-state index contributed by atoms with van der Waals surface area (Å²) in [5.74, 6) is -3.89. The predicted octanol–water partition coefficient (Wildman–Crippen LogP) is 3.96. The molecule has 0 spiro atoms. The SMILES string of the molecule is Cc1cc(C(C)Nc2ccccc2C(=O)O)c2nc(NC3CC(F)(F)C3)c(C#N)c(=O)n2c1. The molecule has 1 aliphatic carbocycles. The van der Waals surface area contributed by atoms with E-state index in [1.165, 1.54) is 10.5 Å². The summed E-state index contributed by atoms with van der Waals surface area (Å²) in [5, 5.41) is 24.9. The molecular formula is C23H21F2N5O3. The monoisotopic (exact) mass is 453 g/mol. The molecule has 1 fully saturated rings. The highest BCUT2D eigenvalue weighted by Gasteiger charge is 2.45. The van der Waals surface area contributed by atoms with Crippen LogP contribution in [-0.2, 0) is 0 Å². The van der Waals surface area contributed by atoms with Crippen LogP contribution in [0.4, 0.5) is 20.3 Å². The van der Waals surface area contributed by atoms with Gasteiger partial charge in [0.15, 0.2) is 11.4 Å². The first-order chi connectivity index (χ1) is 15.6. The van der Waals surface area contributed by atoms with E-state index in [4.69, 9.17) is 0 Å². The second kappa shape index (κ2) is 8.16. The summed E-state index contributed by atoms with van der Waals surface area (Å²) in [6.07, 6.45) is 0.751. The maximum absolute atomic E-state index is 13.3. The van der Waals surface area contributed by atoms with Crippen molar-refractivity contribution >= 4 is 23.1 Å². The molecule has 1 atom stereocenters. The molecule has 2 heterocycles. The zero-order valence-electron chi connectivity index (χ0n) is 17.9. The Morgan fingerprint density at radius 2 is 2.06 bits per heavy atom. The molecule has 0 aliphatic heterocycles. The molecule has 0 saturated heterocycles. The van der Waals surface area contributed by atoms with Gasteiger partial charge in [-0.1, -0.05) is 12.1 Å². The summed E-state index contributed by atoms with van der Waals surface area (Å²) in [6.45, 7) is 3.57. The quantitative estimate of drug-likeness (QED) is 0.517. The summed E-state index contributed by atoms with van der Waals surface area (Å²) in [7, 11) is 0. The number of hydrogen-bond acceptors (Lipinski definition) is 6. The highest BCUT2D eigenvalue weighted by atomic mass is 19.3. The number of carboxylic acids is 1. The van der Waals surface area contributed by atoms with Gasteiger partial charge in [-0.15, -0.1) is 0 Å². The molecule has 1 aliphatic rings. The van der Waals surface area contributed by atoms with Crippen molar-refractivity contribution in [1.82, 2.24) is 9.38 Å². The number of para-hydroxylation sites is 1. The number of nitrogens with one attached hydrogen (secondary N) is 2. The van der Waals surface area contributed by atoms with Gasteiger partial charge < -0.3 is 15.7 Å². The summed E-state index contributed by atoms with van der Waals surface area (Å²) < 4.78 is 27.8. The van der Waals surface area contributed by atoms with E-state index in [0.29, 0.717) is 11.3 Å². The van der Waals surface area contributed by atoms with Crippen molar-refractivity contribution in [3.8, 4) is 6.07 Å². The minimum Gasteiger partial charge on any atom is -0.478 e. The Hall–Kier alpha value is -4.00. The normalized spacial score (nSPS) is 16.0. The van der Waals surface area contributed by atoms with E-state index in [1.807, 2.05) is 6.07 Å². The lowest BCUT2D eigenvalue weighted by Gasteiger charge is -2.35. The van der Waals surface area contributed by atoms with E-state index in [2.05, 4.69) is 15.6 Å². The highest BCUT2D eigenvalue weighted by Crippen LogP contribution is 2.39. The number of alkyl halides is 2. The summed E-state index contributed by atoms with van der Waals surface area (Å²) in [6, 6.07) is 9.00. The lowest BCUT2D eigenvalue weighted by Crippen LogP contribution is -2.45. The van der Waals surface area contributed by atoms with Crippen molar-refractivity contribution in [3.05, 3.63) is 69.1 Å². The van der Waals surface area contributed by atoms with Crippen LogP contribution >= 0.6 is 0 Å². The number of rotatable bonds is 6. The van der Waals surface area contributed by atoms with E-state index in [-0.39, 0.29) is 22.6 Å². The van der Waals surface area contributed by atoms with Crippen molar-refractivity contribution in [2.45, 2.75) is 44.7 Å². The molecule has 1 saturated carbocycles. The Morgan fingerprint density at radius 1 is 1.36 bits per heavy atom. The molecule has 2 aromatic heterocycles. The second-order valence-corrected chi connectivity index (χ2v) is 8.24. The summed E-state index contributed by atoms with van der Waals surface area (Å²) >= 11 is 0. The first kappa shape index (κ1) is 22.2. The van der Waals surface area contributed by atoms with Crippen molar-refractivity contribution in [1.29, 1.82) is 5.26 Å². The van der Waals surface area contributed by atoms with Crippen molar-refractivity contribution < 1.29 is 18.7 Å². The minimum absolute atomic E-state index is 0.0359. The zero-order chi connectivity index (χ0) is 23.9. The molecule has 1 aromatic carbocycles. The third kappa shape index (κ3) is 4.22. The van der Waals surface area contributed by atoms with Crippen molar-refractivity contribution in [2.75, 3.05) is 10.6 Å².